The summed E-state index contributed by atoms with van der Waals surface area (Å²) in [4.78, 5) is 11.9. The van der Waals surface area contributed by atoms with Gasteiger partial charge in [-0.2, -0.15) is 0 Å². The molecule has 0 radical (unpaired) electrons. The third-order valence-corrected chi connectivity index (χ3v) is 5.98. The molecule has 4 nitrogen and oxygen atoms in total. The van der Waals surface area contributed by atoms with Crippen molar-refractivity contribution in [3.8, 4) is 16.8 Å². The van der Waals surface area contributed by atoms with Gasteiger partial charge in [0.1, 0.15) is 12.1 Å². The molecule has 0 spiro atoms. The minimum Gasteiger partial charge on any atom is -0.356 e. The quantitative estimate of drug-likeness (QED) is 0.414. The number of anilines is 1. The van der Waals surface area contributed by atoms with Crippen molar-refractivity contribution in [2.45, 2.75) is 25.7 Å². The molecule has 1 aliphatic heterocycles. The maximum Gasteiger partial charge on any atom is 0.150 e. The van der Waals surface area contributed by atoms with E-state index in [1.54, 1.807) is 6.33 Å². The minimum absolute atomic E-state index is 0.707. The molecule has 3 heterocycles. The summed E-state index contributed by atoms with van der Waals surface area (Å²) in [5, 5.41) is 1.81. The maximum atomic E-state index is 6.55. The van der Waals surface area contributed by atoms with Crippen LogP contribution in [0.3, 0.4) is 0 Å². The number of rotatable bonds is 3. The second-order valence-electron chi connectivity index (χ2n) is 7.53. The first-order valence-corrected chi connectivity index (χ1v) is 10.6. The molecule has 29 heavy (non-hydrogen) atoms. The molecule has 5 heteroatoms. The van der Waals surface area contributed by atoms with Gasteiger partial charge in [0, 0.05) is 24.8 Å². The van der Waals surface area contributed by atoms with Gasteiger partial charge in [0.05, 0.1) is 16.1 Å². The normalized spacial score (nSPS) is 14.9. The van der Waals surface area contributed by atoms with Gasteiger partial charge in [-0.05, 0) is 30.5 Å². The molecule has 1 fully saturated rings. The van der Waals surface area contributed by atoms with Gasteiger partial charge in [-0.15, -0.1) is 0 Å². The van der Waals surface area contributed by atoms with Crippen molar-refractivity contribution in [2.75, 3.05) is 18.0 Å². The molecule has 1 saturated heterocycles. The first-order chi connectivity index (χ1) is 14.3. The van der Waals surface area contributed by atoms with E-state index < -0.39 is 0 Å². The number of hydrogen-bond donors (Lipinski definition) is 0. The molecule has 0 saturated carbocycles. The molecule has 1 aliphatic rings. The molecule has 146 valence electrons. The Balaban J connectivity index is 1.78. The molecule has 0 aliphatic carbocycles. The van der Waals surface area contributed by atoms with E-state index in [0.29, 0.717) is 5.02 Å². The van der Waals surface area contributed by atoms with Crippen LogP contribution in [0.15, 0.2) is 67.1 Å². The van der Waals surface area contributed by atoms with Crippen LogP contribution in [-0.2, 0) is 0 Å². The Hall–Kier alpha value is -2.85. The number of halogens is 1. The molecule has 0 bridgehead atoms. The number of nitrogens with zero attached hydrogens (tertiary/aromatic N) is 4. The lowest BCUT2D eigenvalue weighted by atomic mass is 10.1. The van der Waals surface area contributed by atoms with Gasteiger partial charge in [-0.3, -0.25) is 4.57 Å². The second kappa shape index (κ2) is 7.88. The molecular formula is C24H23ClN4. The Morgan fingerprint density at radius 2 is 1.52 bits per heavy atom. The molecule has 0 N–H and O–H groups in total. The van der Waals surface area contributed by atoms with Crippen LogP contribution in [0.25, 0.3) is 27.8 Å². The first kappa shape index (κ1) is 18.2. The van der Waals surface area contributed by atoms with Gasteiger partial charge < -0.3 is 4.90 Å². The monoisotopic (exact) mass is 402 g/mol. The van der Waals surface area contributed by atoms with Gasteiger partial charge >= 0.3 is 0 Å². The highest BCUT2D eigenvalue weighted by Crippen LogP contribution is 2.38. The van der Waals surface area contributed by atoms with Gasteiger partial charge in [0.15, 0.2) is 5.65 Å². The van der Waals surface area contributed by atoms with Crippen LogP contribution in [0.4, 0.5) is 5.82 Å². The number of fused-ring (bicyclic) bond motifs is 1. The lowest BCUT2D eigenvalue weighted by Gasteiger charge is -2.22. The SMILES string of the molecule is Clc1ccccc1-n1cc(-c2ccccc2)c2c(N3CCCCCC3)ncnc21. The van der Waals surface area contributed by atoms with Gasteiger partial charge in [0.25, 0.3) is 0 Å². The third kappa shape index (κ3) is 3.38. The van der Waals surface area contributed by atoms with E-state index >= 15 is 0 Å². The highest BCUT2D eigenvalue weighted by Gasteiger charge is 2.22. The minimum atomic E-state index is 0.707. The van der Waals surface area contributed by atoms with Crippen molar-refractivity contribution in [2.24, 2.45) is 0 Å². The molecule has 0 atom stereocenters. The Morgan fingerprint density at radius 3 is 2.28 bits per heavy atom. The Kier molecular flexibility index (Phi) is 4.94. The van der Waals surface area contributed by atoms with Crippen LogP contribution >= 0.6 is 11.6 Å². The summed E-state index contributed by atoms with van der Waals surface area (Å²) < 4.78 is 2.10. The lowest BCUT2D eigenvalue weighted by Crippen LogP contribution is -2.25. The summed E-state index contributed by atoms with van der Waals surface area (Å²) in [6, 6.07) is 18.4. The van der Waals surface area contributed by atoms with Crippen LogP contribution in [0.5, 0.6) is 0 Å². The van der Waals surface area contributed by atoms with E-state index in [2.05, 4.69) is 39.9 Å². The molecular weight excluding hydrogens is 380 g/mol. The van der Waals surface area contributed by atoms with Crippen LogP contribution in [0.1, 0.15) is 25.7 Å². The summed E-state index contributed by atoms with van der Waals surface area (Å²) in [7, 11) is 0. The van der Waals surface area contributed by atoms with Gasteiger partial charge in [0.2, 0.25) is 0 Å². The van der Waals surface area contributed by atoms with E-state index in [0.717, 1.165) is 46.8 Å². The van der Waals surface area contributed by atoms with Crippen molar-refractivity contribution in [1.29, 1.82) is 0 Å². The highest BCUT2D eigenvalue weighted by molar-refractivity contribution is 6.32. The molecule has 4 aromatic rings. The van der Waals surface area contributed by atoms with E-state index in [9.17, 15) is 0 Å². The number of para-hydroxylation sites is 1. The fourth-order valence-corrected chi connectivity index (χ4v) is 4.46. The summed E-state index contributed by atoms with van der Waals surface area (Å²) >= 11 is 6.55. The third-order valence-electron chi connectivity index (χ3n) is 5.67. The standard InChI is InChI=1S/C24H23ClN4/c25-20-12-6-7-13-21(20)29-16-19(18-10-4-3-5-11-18)22-23(26-17-27-24(22)29)28-14-8-1-2-9-15-28/h3-7,10-13,16-17H,1-2,8-9,14-15H2. The van der Waals surface area contributed by atoms with Crippen molar-refractivity contribution in [3.63, 3.8) is 0 Å². The first-order valence-electron chi connectivity index (χ1n) is 10.2. The predicted octanol–water partition coefficient (Wildman–Crippen LogP) is 6.12. The zero-order valence-corrected chi connectivity index (χ0v) is 17.0. The molecule has 2 aromatic carbocycles. The summed E-state index contributed by atoms with van der Waals surface area (Å²) in [5.74, 6) is 1.03. The smallest absolute Gasteiger partial charge is 0.150 e. The van der Waals surface area contributed by atoms with Gasteiger partial charge in [-0.25, -0.2) is 9.97 Å². The Bertz CT molecular complexity index is 1130. The van der Waals surface area contributed by atoms with E-state index in [-0.39, 0.29) is 0 Å². The molecule has 5 rings (SSSR count). The predicted molar refractivity (Wildman–Crippen MR) is 120 cm³/mol. The second-order valence-corrected chi connectivity index (χ2v) is 7.93. The summed E-state index contributed by atoms with van der Waals surface area (Å²) in [5.41, 5.74) is 4.13. The van der Waals surface area contributed by atoms with Crippen LogP contribution in [0.2, 0.25) is 5.02 Å². The zero-order valence-electron chi connectivity index (χ0n) is 16.3. The Labute approximate surface area is 175 Å². The molecule has 2 aromatic heterocycles. The average molecular weight is 403 g/mol. The van der Waals surface area contributed by atoms with E-state index in [1.165, 1.54) is 25.7 Å². The average Bonchev–Trinajstić information content (AvgIpc) is 2.95. The van der Waals surface area contributed by atoms with Crippen molar-refractivity contribution < 1.29 is 0 Å². The molecule has 0 unspecified atom stereocenters. The maximum absolute atomic E-state index is 6.55. The van der Waals surface area contributed by atoms with Crippen LogP contribution in [-0.4, -0.2) is 27.6 Å². The zero-order chi connectivity index (χ0) is 19.6. The highest BCUT2D eigenvalue weighted by atomic mass is 35.5. The summed E-state index contributed by atoms with van der Waals surface area (Å²) in [6.07, 6.45) is 8.82. The van der Waals surface area contributed by atoms with Crippen molar-refractivity contribution >= 4 is 28.5 Å². The fourth-order valence-electron chi connectivity index (χ4n) is 4.24. The number of aromatic nitrogens is 3. The summed E-state index contributed by atoms with van der Waals surface area (Å²) in [6.45, 7) is 2.08. The molecule has 0 amide bonds. The van der Waals surface area contributed by atoms with Crippen LogP contribution in [0, 0.1) is 0 Å². The van der Waals surface area contributed by atoms with E-state index in [1.807, 2.05) is 30.3 Å². The van der Waals surface area contributed by atoms with Crippen LogP contribution < -0.4 is 4.90 Å². The van der Waals surface area contributed by atoms with Crippen molar-refractivity contribution in [3.05, 3.63) is 72.1 Å². The van der Waals surface area contributed by atoms with Crippen molar-refractivity contribution in [1.82, 2.24) is 14.5 Å². The topological polar surface area (TPSA) is 34.0 Å². The lowest BCUT2D eigenvalue weighted by molar-refractivity contribution is 0.726. The van der Waals surface area contributed by atoms with Gasteiger partial charge in [-0.1, -0.05) is 66.9 Å². The largest absolute Gasteiger partial charge is 0.356 e. The Morgan fingerprint density at radius 1 is 0.793 bits per heavy atom. The van der Waals surface area contributed by atoms with E-state index in [4.69, 9.17) is 21.6 Å². The fraction of sp³-hybridized carbons (Fsp3) is 0.250. The number of hydrogen-bond acceptors (Lipinski definition) is 3. The number of benzene rings is 2.